The van der Waals surface area contributed by atoms with Crippen molar-refractivity contribution in [3.05, 3.63) is 35.9 Å². The number of nitrogens with one attached hydrogen (secondary N) is 1. The van der Waals surface area contributed by atoms with Gasteiger partial charge in [0.1, 0.15) is 0 Å². The summed E-state index contributed by atoms with van der Waals surface area (Å²) < 4.78 is 12.3. The standard InChI is InChI=1S/C29H49BN2O3/c1-22(23-14-10-9-11-15-23)32-20-17-24(18-21-32)25(26(33)31-27(2,3)4)16-12-13-19-30-34-28(5,6)29(7,8)35-30/h9-11,14-15,22,24-25H,12-13,16-21H2,1-8H3,(H,31,33). The minimum atomic E-state index is -0.280. The van der Waals surface area contributed by atoms with Crippen molar-refractivity contribution in [3.8, 4) is 0 Å². The maximum atomic E-state index is 13.3. The van der Waals surface area contributed by atoms with Gasteiger partial charge in [0.05, 0.1) is 11.2 Å². The molecule has 2 unspecified atom stereocenters. The van der Waals surface area contributed by atoms with Crippen molar-refractivity contribution in [1.29, 1.82) is 0 Å². The zero-order valence-electron chi connectivity index (χ0n) is 23.5. The minimum Gasteiger partial charge on any atom is -0.403 e. The number of piperidine rings is 1. The molecule has 1 N–H and O–H groups in total. The van der Waals surface area contributed by atoms with Gasteiger partial charge in [-0.25, -0.2) is 0 Å². The van der Waals surface area contributed by atoms with E-state index in [-0.39, 0.29) is 35.7 Å². The van der Waals surface area contributed by atoms with Crippen LogP contribution in [0, 0.1) is 11.8 Å². The van der Waals surface area contributed by atoms with E-state index in [1.807, 2.05) is 0 Å². The Hall–Kier alpha value is -1.37. The van der Waals surface area contributed by atoms with E-state index in [0.717, 1.165) is 51.5 Å². The summed E-state index contributed by atoms with van der Waals surface area (Å²) in [5, 5.41) is 3.28. The van der Waals surface area contributed by atoms with E-state index in [9.17, 15) is 4.79 Å². The van der Waals surface area contributed by atoms with Crippen LogP contribution in [0.5, 0.6) is 0 Å². The first-order valence-electron chi connectivity index (χ1n) is 13.8. The third-order valence-electron chi connectivity index (χ3n) is 8.31. The Labute approximate surface area is 214 Å². The van der Waals surface area contributed by atoms with E-state index in [0.29, 0.717) is 12.0 Å². The lowest BCUT2D eigenvalue weighted by atomic mass is 9.77. The van der Waals surface area contributed by atoms with E-state index >= 15 is 0 Å². The van der Waals surface area contributed by atoms with Crippen LogP contribution in [0.25, 0.3) is 0 Å². The molecule has 2 saturated heterocycles. The highest BCUT2D eigenvalue weighted by molar-refractivity contribution is 6.45. The number of likely N-dealkylation sites (tertiary alicyclic amines) is 1. The van der Waals surface area contributed by atoms with Gasteiger partial charge in [0.2, 0.25) is 5.91 Å². The lowest BCUT2D eigenvalue weighted by molar-refractivity contribution is -0.129. The van der Waals surface area contributed by atoms with Gasteiger partial charge in [-0.3, -0.25) is 9.69 Å². The van der Waals surface area contributed by atoms with Crippen LogP contribution in [0.2, 0.25) is 6.32 Å². The van der Waals surface area contributed by atoms with Gasteiger partial charge in [-0.05, 0) is 106 Å². The fourth-order valence-corrected chi connectivity index (χ4v) is 5.45. The van der Waals surface area contributed by atoms with Crippen molar-refractivity contribution in [2.45, 2.75) is 117 Å². The van der Waals surface area contributed by atoms with Crippen molar-refractivity contribution in [3.63, 3.8) is 0 Å². The van der Waals surface area contributed by atoms with Gasteiger partial charge in [-0.15, -0.1) is 0 Å². The lowest BCUT2D eigenvalue weighted by Crippen LogP contribution is -2.47. The van der Waals surface area contributed by atoms with Crippen LogP contribution in [0.3, 0.4) is 0 Å². The second-order valence-electron chi connectivity index (χ2n) is 12.8. The number of carbonyl (C=O) groups is 1. The van der Waals surface area contributed by atoms with Gasteiger partial charge in [-0.2, -0.15) is 0 Å². The lowest BCUT2D eigenvalue weighted by Gasteiger charge is -2.39. The van der Waals surface area contributed by atoms with Crippen molar-refractivity contribution in [2.75, 3.05) is 13.1 Å². The van der Waals surface area contributed by atoms with Crippen molar-refractivity contribution in [2.24, 2.45) is 11.8 Å². The smallest absolute Gasteiger partial charge is 0.403 e. The Kier molecular flexibility index (Phi) is 9.15. The predicted molar refractivity (Wildman–Crippen MR) is 145 cm³/mol. The van der Waals surface area contributed by atoms with Crippen molar-refractivity contribution in [1.82, 2.24) is 10.2 Å². The SMILES string of the molecule is CC(c1ccccc1)N1CCC(C(CCCCB2OC(C)(C)C(C)(C)O2)C(=O)NC(C)(C)C)CC1. The topological polar surface area (TPSA) is 50.8 Å². The molecule has 0 radical (unpaired) electrons. The van der Waals surface area contributed by atoms with Gasteiger partial charge in [0.15, 0.2) is 0 Å². The molecule has 1 aromatic carbocycles. The molecule has 0 spiro atoms. The molecule has 196 valence electrons. The highest BCUT2D eigenvalue weighted by Crippen LogP contribution is 2.38. The quantitative estimate of drug-likeness (QED) is 0.332. The zero-order valence-corrected chi connectivity index (χ0v) is 23.5. The molecule has 0 aliphatic carbocycles. The van der Waals surface area contributed by atoms with Gasteiger partial charge in [0, 0.05) is 17.5 Å². The first-order valence-corrected chi connectivity index (χ1v) is 13.8. The summed E-state index contributed by atoms with van der Waals surface area (Å²) in [5.74, 6) is 0.734. The third kappa shape index (κ3) is 7.56. The van der Waals surface area contributed by atoms with Gasteiger partial charge < -0.3 is 14.6 Å². The summed E-state index contributed by atoms with van der Waals surface area (Å²) in [7, 11) is -0.149. The highest BCUT2D eigenvalue weighted by atomic mass is 16.7. The number of amides is 1. The molecule has 5 nitrogen and oxygen atoms in total. The van der Waals surface area contributed by atoms with Crippen LogP contribution in [0.4, 0.5) is 0 Å². The van der Waals surface area contributed by atoms with E-state index in [4.69, 9.17) is 9.31 Å². The van der Waals surface area contributed by atoms with Crippen LogP contribution < -0.4 is 5.32 Å². The molecular formula is C29H49BN2O3. The van der Waals surface area contributed by atoms with Crippen LogP contribution in [0.1, 0.15) is 99.1 Å². The summed E-state index contributed by atoms with van der Waals surface area (Å²) in [6, 6.07) is 11.2. The molecule has 0 aromatic heterocycles. The number of hydrogen-bond acceptors (Lipinski definition) is 4. The Morgan fingerprint density at radius 1 is 1.06 bits per heavy atom. The van der Waals surface area contributed by atoms with Gasteiger partial charge in [0.25, 0.3) is 0 Å². The number of nitrogens with zero attached hydrogens (tertiary/aromatic N) is 1. The molecule has 2 aliphatic rings. The summed E-state index contributed by atoms with van der Waals surface area (Å²) in [6.07, 6.45) is 6.01. The molecule has 2 aliphatic heterocycles. The third-order valence-corrected chi connectivity index (χ3v) is 8.31. The Morgan fingerprint density at radius 3 is 2.17 bits per heavy atom. The Bertz CT molecular complexity index is 797. The number of hydrogen-bond donors (Lipinski definition) is 1. The zero-order chi connectivity index (χ0) is 25.9. The predicted octanol–water partition coefficient (Wildman–Crippen LogP) is 6.25. The molecular weight excluding hydrogens is 435 g/mol. The largest absolute Gasteiger partial charge is 0.457 e. The number of rotatable bonds is 9. The molecule has 0 saturated carbocycles. The van der Waals surface area contributed by atoms with Crippen LogP contribution in [-0.2, 0) is 14.1 Å². The van der Waals surface area contributed by atoms with Crippen molar-refractivity contribution >= 4 is 13.0 Å². The average molecular weight is 485 g/mol. The molecule has 2 fully saturated rings. The molecule has 2 atom stereocenters. The van der Waals surface area contributed by atoms with Crippen molar-refractivity contribution < 1.29 is 14.1 Å². The average Bonchev–Trinajstić information content (AvgIpc) is 2.98. The van der Waals surface area contributed by atoms with Crippen LogP contribution in [-0.4, -0.2) is 47.8 Å². The molecule has 0 bridgehead atoms. The highest BCUT2D eigenvalue weighted by Gasteiger charge is 2.50. The second-order valence-corrected chi connectivity index (χ2v) is 12.8. The minimum absolute atomic E-state index is 0.0710. The fraction of sp³-hybridized carbons (Fsp3) is 0.759. The Balaban J connectivity index is 1.54. The second kappa shape index (κ2) is 11.4. The van der Waals surface area contributed by atoms with E-state index in [1.54, 1.807) is 0 Å². The normalized spacial score (nSPS) is 22.7. The van der Waals surface area contributed by atoms with E-state index < -0.39 is 0 Å². The van der Waals surface area contributed by atoms with Crippen LogP contribution >= 0.6 is 0 Å². The summed E-state index contributed by atoms with van der Waals surface area (Å²) >= 11 is 0. The molecule has 3 rings (SSSR count). The molecule has 35 heavy (non-hydrogen) atoms. The fourth-order valence-electron chi connectivity index (χ4n) is 5.45. The number of benzene rings is 1. The summed E-state index contributed by atoms with van der Waals surface area (Å²) in [6.45, 7) is 19.0. The van der Waals surface area contributed by atoms with Gasteiger partial charge in [-0.1, -0.05) is 43.2 Å². The maximum absolute atomic E-state index is 13.3. The van der Waals surface area contributed by atoms with Gasteiger partial charge >= 0.3 is 7.12 Å². The summed E-state index contributed by atoms with van der Waals surface area (Å²) in [5.41, 5.74) is 0.603. The molecule has 1 aromatic rings. The summed E-state index contributed by atoms with van der Waals surface area (Å²) in [4.78, 5) is 15.9. The number of carbonyl (C=O) groups excluding carboxylic acids is 1. The first kappa shape index (κ1) is 28.2. The molecule has 1 amide bonds. The number of unbranched alkanes of at least 4 members (excludes halogenated alkanes) is 1. The maximum Gasteiger partial charge on any atom is 0.457 e. The molecule has 2 heterocycles. The monoisotopic (exact) mass is 484 g/mol. The molecule has 6 heteroatoms. The van der Waals surface area contributed by atoms with E-state index in [2.05, 4.69) is 95.9 Å². The van der Waals surface area contributed by atoms with E-state index in [1.165, 1.54) is 5.56 Å². The van der Waals surface area contributed by atoms with Crippen LogP contribution in [0.15, 0.2) is 30.3 Å². The first-order chi connectivity index (χ1) is 16.3. The Morgan fingerprint density at radius 2 is 1.63 bits per heavy atom.